The smallest absolute Gasteiger partial charge is 0.242 e. The van der Waals surface area contributed by atoms with Gasteiger partial charge in [-0.05, 0) is 31.4 Å². The Morgan fingerprint density at radius 3 is 2.53 bits per heavy atom. The Morgan fingerprint density at radius 2 is 2.05 bits per heavy atom. The molecule has 2 unspecified atom stereocenters. The molecule has 0 aromatic carbocycles. The van der Waals surface area contributed by atoms with Crippen LogP contribution in [0.4, 0.5) is 5.82 Å². The molecule has 6 nitrogen and oxygen atoms in total. The van der Waals surface area contributed by atoms with Gasteiger partial charge >= 0.3 is 0 Å². The predicted octanol–water partition coefficient (Wildman–Crippen LogP) is 1.47. The lowest BCUT2D eigenvalue weighted by Gasteiger charge is -2.17. The number of pyridine rings is 1. The van der Waals surface area contributed by atoms with Crippen molar-refractivity contribution in [2.75, 3.05) is 5.43 Å². The standard InChI is InChI=1S/C12H22N4O2S/c1-4-9(2)7-10(3)16-19(17,18)11-5-6-12(15-13)14-8-11/h5-6,8-10,16H,4,7,13H2,1-3H3,(H,14,15). The molecule has 108 valence electrons. The second-order valence-corrected chi connectivity index (χ2v) is 6.51. The number of sulfonamides is 1. The summed E-state index contributed by atoms with van der Waals surface area (Å²) >= 11 is 0. The molecule has 0 saturated carbocycles. The van der Waals surface area contributed by atoms with E-state index in [-0.39, 0.29) is 10.9 Å². The van der Waals surface area contributed by atoms with E-state index < -0.39 is 10.0 Å². The summed E-state index contributed by atoms with van der Waals surface area (Å²) in [6.45, 7) is 6.06. The van der Waals surface area contributed by atoms with Crippen LogP contribution < -0.4 is 16.0 Å². The lowest BCUT2D eigenvalue weighted by molar-refractivity contribution is 0.445. The highest BCUT2D eigenvalue weighted by Crippen LogP contribution is 2.14. The lowest BCUT2D eigenvalue weighted by Crippen LogP contribution is -2.33. The highest BCUT2D eigenvalue weighted by Gasteiger charge is 2.18. The number of hydrogen-bond acceptors (Lipinski definition) is 5. The molecule has 0 radical (unpaired) electrons. The van der Waals surface area contributed by atoms with E-state index in [4.69, 9.17) is 5.84 Å². The van der Waals surface area contributed by atoms with Crippen LogP contribution in [0.5, 0.6) is 0 Å². The van der Waals surface area contributed by atoms with Gasteiger partial charge in [0.2, 0.25) is 10.0 Å². The Labute approximate surface area is 114 Å². The molecule has 0 aliphatic rings. The maximum atomic E-state index is 12.1. The molecule has 1 rings (SSSR count). The normalized spacial score (nSPS) is 14.9. The predicted molar refractivity (Wildman–Crippen MR) is 75.9 cm³/mol. The van der Waals surface area contributed by atoms with Crippen LogP contribution >= 0.6 is 0 Å². The van der Waals surface area contributed by atoms with Gasteiger partial charge in [0.25, 0.3) is 0 Å². The maximum Gasteiger partial charge on any atom is 0.242 e. The van der Waals surface area contributed by atoms with E-state index in [0.29, 0.717) is 11.7 Å². The Bertz CT molecular complexity index is 487. The highest BCUT2D eigenvalue weighted by atomic mass is 32.2. The summed E-state index contributed by atoms with van der Waals surface area (Å²) < 4.78 is 26.9. The van der Waals surface area contributed by atoms with Crippen molar-refractivity contribution < 1.29 is 8.42 Å². The van der Waals surface area contributed by atoms with Gasteiger partial charge in [-0.2, -0.15) is 0 Å². The van der Waals surface area contributed by atoms with Crippen LogP contribution in [0.2, 0.25) is 0 Å². The summed E-state index contributed by atoms with van der Waals surface area (Å²) in [6, 6.07) is 2.89. The van der Waals surface area contributed by atoms with Gasteiger partial charge in [-0.1, -0.05) is 20.3 Å². The fourth-order valence-electron chi connectivity index (χ4n) is 1.78. The molecule has 4 N–H and O–H groups in total. The largest absolute Gasteiger partial charge is 0.308 e. The van der Waals surface area contributed by atoms with E-state index >= 15 is 0 Å². The number of hydrazine groups is 1. The van der Waals surface area contributed by atoms with Crippen molar-refractivity contribution in [1.29, 1.82) is 0 Å². The monoisotopic (exact) mass is 286 g/mol. The average molecular weight is 286 g/mol. The Kier molecular flexibility index (Phi) is 5.71. The fourth-order valence-corrected chi connectivity index (χ4v) is 2.98. The number of rotatable bonds is 7. The SMILES string of the molecule is CCC(C)CC(C)NS(=O)(=O)c1ccc(NN)nc1. The molecule has 0 fully saturated rings. The lowest BCUT2D eigenvalue weighted by atomic mass is 10.0. The van der Waals surface area contributed by atoms with Gasteiger partial charge in [-0.15, -0.1) is 0 Å². The average Bonchev–Trinajstić information content (AvgIpc) is 2.37. The number of nitrogens with zero attached hydrogens (tertiary/aromatic N) is 1. The van der Waals surface area contributed by atoms with Crippen LogP contribution in [-0.4, -0.2) is 19.4 Å². The van der Waals surface area contributed by atoms with E-state index in [1.807, 2.05) is 6.92 Å². The number of hydrogen-bond donors (Lipinski definition) is 3. The first-order valence-electron chi connectivity index (χ1n) is 6.34. The van der Waals surface area contributed by atoms with Gasteiger partial charge in [0, 0.05) is 12.2 Å². The van der Waals surface area contributed by atoms with Crippen LogP contribution in [0.3, 0.4) is 0 Å². The third-order valence-corrected chi connectivity index (χ3v) is 4.58. The number of nitrogens with one attached hydrogen (secondary N) is 2. The van der Waals surface area contributed by atoms with E-state index in [1.54, 1.807) is 0 Å². The van der Waals surface area contributed by atoms with Crippen LogP contribution in [0, 0.1) is 5.92 Å². The Balaban J connectivity index is 2.74. The van der Waals surface area contributed by atoms with Crippen molar-refractivity contribution in [3.05, 3.63) is 18.3 Å². The van der Waals surface area contributed by atoms with Gasteiger partial charge in [-0.3, -0.25) is 0 Å². The van der Waals surface area contributed by atoms with Crippen molar-refractivity contribution in [3.8, 4) is 0 Å². The van der Waals surface area contributed by atoms with Crippen molar-refractivity contribution in [2.45, 2.75) is 44.6 Å². The molecule has 7 heteroatoms. The molecule has 2 atom stereocenters. The molecular formula is C12H22N4O2S. The summed E-state index contributed by atoms with van der Waals surface area (Å²) in [5.41, 5.74) is 2.35. The van der Waals surface area contributed by atoms with Crippen molar-refractivity contribution in [1.82, 2.24) is 9.71 Å². The molecule has 0 aliphatic heterocycles. The number of nitrogens with two attached hydrogens (primary N) is 1. The van der Waals surface area contributed by atoms with Crippen LogP contribution in [-0.2, 0) is 10.0 Å². The first-order valence-corrected chi connectivity index (χ1v) is 7.82. The van der Waals surface area contributed by atoms with Crippen LogP contribution in [0.25, 0.3) is 0 Å². The zero-order valence-electron chi connectivity index (χ0n) is 11.6. The minimum Gasteiger partial charge on any atom is -0.308 e. The minimum atomic E-state index is -3.52. The molecule has 0 aliphatic carbocycles. The van der Waals surface area contributed by atoms with E-state index in [0.717, 1.165) is 12.8 Å². The van der Waals surface area contributed by atoms with Crippen molar-refractivity contribution >= 4 is 15.8 Å². The second-order valence-electron chi connectivity index (χ2n) is 4.79. The summed E-state index contributed by atoms with van der Waals surface area (Å²) in [4.78, 5) is 4.03. The third-order valence-electron chi connectivity index (χ3n) is 3.00. The zero-order valence-corrected chi connectivity index (χ0v) is 12.4. The topological polar surface area (TPSA) is 97.1 Å². The summed E-state index contributed by atoms with van der Waals surface area (Å²) in [5, 5.41) is 0. The van der Waals surface area contributed by atoms with E-state index in [9.17, 15) is 8.42 Å². The quantitative estimate of drug-likeness (QED) is 0.521. The Hall–Kier alpha value is -1.18. The molecule has 0 bridgehead atoms. The summed E-state index contributed by atoms with van der Waals surface area (Å²) in [6.07, 6.45) is 3.13. The molecule has 1 aromatic rings. The molecule has 0 amide bonds. The van der Waals surface area contributed by atoms with Gasteiger partial charge < -0.3 is 5.43 Å². The van der Waals surface area contributed by atoms with Crippen LogP contribution in [0.1, 0.15) is 33.6 Å². The van der Waals surface area contributed by atoms with Gasteiger partial charge in [0.05, 0.1) is 0 Å². The molecule has 0 spiro atoms. The first kappa shape index (κ1) is 15.9. The molecule has 0 saturated heterocycles. The van der Waals surface area contributed by atoms with Gasteiger partial charge in [0.1, 0.15) is 10.7 Å². The summed E-state index contributed by atoms with van der Waals surface area (Å²) in [5.74, 6) is 6.09. The molecule has 1 aromatic heterocycles. The highest BCUT2D eigenvalue weighted by molar-refractivity contribution is 7.89. The van der Waals surface area contributed by atoms with Gasteiger partial charge in [-0.25, -0.2) is 24.0 Å². The zero-order chi connectivity index (χ0) is 14.5. The Morgan fingerprint density at radius 1 is 1.37 bits per heavy atom. The first-order chi connectivity index (χ1) is 8.89. The fraction of sp³-hybridized carbons (Fsp3) is 0.583. The van der Waals surface area contributed by atoms with E-state index in [1.165, 1.54) is 18.3 Å². The minimum absolute atomic E-state index is 0.104. The third kappa shape index (κ3) is 4.77. The maximum absolute atomic E-state index is 12.1. The van der Waals surface area contributed by atoms with Crippen molar-refractivity contribution in [3.63, 3.8) is 0 Å². The second kappa shape index (κ2) is 6.83. The molecule has 1 heterocycles. The summed E-state index contributed by atoms with van der Waals surface area (Å²) in [7, 11) is -3.52. The number of nitrogen functional groups attached to an aromatic ring is 1. The molecular weight excluding hydrogens is 264 g/mol. The number of anilines is 1. The number of aromatic nitrogens is 1. The molecule has 19 heavy (non-hydrogen) atoms. The van der Waals surface area contributed by atoms with Crippen molar-refractivity contribution in [2.24, 2.45) is 11.8 Å². The van der Waals surface area contributed by atoms with Crippen LogP contribution in [0.15, 0.2) is 23.2 Å². The van der Waals surface area contributed by atoms with Gasteiger partial charge in [0.15, 0.2) is 0 Å². The van der Waals surface area contributed by atoms with E-state index in [2.05, 4.69) is 29.0 Å².